The zero-order valence-corrected chi connectivity index (χ0v) is 20.2. The summed E-state index contributed by atoms with van der Waals surface area (Å²) in [4.78, 5) is 9.90. The van der Waals surface area contributed by atoms with E-state index in [4.69, 9.17) is 10.1 Å². The van der Waals surface area contributed by atoms with Gasteiger partial charge >= 0.3 is 0 Å². The molecule has 6 rings (SSSR count). The molecule has 2 aromatic heterocycles. The van der Waals surface area contributed by atoms with E-state index in [9.17, 15) is 5.11 Å². The van der Waals surface area contributed by atoms with E-state index < -0.39 is 0 Å². The number of rotatable bonds is 6. The largest absolute Gasteiger partial charge is 0.395 e. The molecule has 1 fully saturated rings. The predicted octanol–water partition coefficient (Wildman–Crippen LogP) is 4.84. The number of nitrogens with zero attached hydrogens (tertiary/aromatic N) is 5. The average molecular weight is 476 g/mol. The SMILES string of the molecule is OCCN1CCN(c2cc(-c3ccccc3)nc3c(-c4ccccc4)c(-c4ccccc4)nn23)CC1. The van der Waals surface area contributed by atoms with Gasteiger partial charge in [-0.05, 0) is 5.56 Å². The fourth-order valence-corrected chi connectivity index (χ4v) is 4.99. The number of β-amino-alcohol motifs (C(OH)–C–C–N with tert-alkyl or cyclic N) is 1. The summed E-state index contributed by atoms with van der Waals surface area (Å²) >= 11 is 0. The molecule has 1 aliphatic heterocycles. The monoisotopic (exact) mass is 475 g/mol. The first-order valence-corrected chi connectivity index (χ1v) is 12.5. The fraction of sp³-hybridized carbons (Fsp3) is 0.200. The second-order valence-corrected chi connectivity index (χ2v) is 9.11. The van der Waals surface area contributed by atoms with Gasteiger partial charge in [0.25, 0.3) is 0 Å². The number of aromatic nitrogens is 3. The molecule has 0 unspecified atom stereocenters. The molecular formula is C30H29N5O. The Bertz CT molecular complexity index is 1440. The van der Waals surface area contributed by atoms with Crippen molar-refractivity contribution < 1.29 is 5.11 Å². The van der Waals surface area contributed by atoms with Crippen molar-refractivity contribution in [3.05, 3.63) is 97.1 Å². The zero-order valence-electron chi connectivity index (χ0n) is 20.2. The highest BCUT2D eigenvalue weighted by Gasteiger charge is 2.25. The third kappa shape index (κ3) is 4.26. The van der Waals surface area contributed by atoms with Crippen molar-refractivity contribution >= 4 is 11.5 Å². The molecule has 3 heterocycles. The van der Waals surface area contributed by atoms with Crippen molar-refractivity contribution in [2.45, 2.75) is 0 Å². The molecule has 1 saturated heterocycles. The second kappa shape index (κ2) is 9.93. The minimum atomic E-state index is 0.192. The Labute approximate surface area is 211 Å². The van der Waals surface area contributed by atoms with Gasteiger partial charge in [-0.1, -0.05) is 91.0 Å². The first kappa shape index (κ1) is 22.5. The maximum Gasteiger partial charge on any atom is 0.166 e. The van der Waals surface area contributed by atoms with Gasteiger partial charge in [-0.3, -0.25) is 4.90 Å². The van der Waals surface area contributed by atoms with E-state index in [1.807, 2.05) is 22.7 Å². The van der Waals surface area contributed by atoms with Gasteiger partial charge in [-0.25, -0.2) is 4.98 Å². The maximum atomic E-state index is 9.38. The van der Waals surface area contributed by atoms with E-state index in [2.05, 4.69) is 88.7 Å². The first-order chi connectivity index (χ1) is 17.8. The number of piperazine rings is 1. The van der Waals surface area contributed by atoms with Gasteiger partial charge < -0.3 is 10.0 Å². The van der Waals surface area contributed by atoms with Gasteiger partial charge in [-0.2, -0.15) is 9.61 Å². The average Bonchev–Trinajstić information content (AvgIpc) is 3.34. The van der Waals surface area contributed by atoms with Crippen LogP contribution in [0, 0.1) is 0 Å². The lowest BCUT2D eigenvalue weighted by Gasteiger charge is -2.35. The van der Waals surface area contributed by atoms with E-state index in [0.717, 1.165) is 71.3 Å². The summed E-state index contributed by atoms with van der Waals surface area (Å²) in [5, 5.41) is 14.6. The summed E-state index contributed by atoms with van der Waals surface area (Å²) < 4.78 is 2.03. The van der Waals surface area contributed by atoms with E-state index in [1.165, 1.54) is 0 Å². The van der Waals surface area contributed by atoms with E-state index in [1.54, 1.807) is 0 Å². The van der Waals surface area contributed by atoms with Crippen LogP contribution in [0.2, 0.25) is 0 Å². The Hall–Kier alpha value is -4.00. The number of aliphatic hydroxyl groups excluding tert-OH is 1. The van der Waals surface area contributed by atoms with E-state index in [-0.39, 0.29) is 6.61 Å². The van der Waals surface area contributed by atoms with Crippen LogP contribution in [0.25, 0.3) is 39.3 Å². The third-order valence-electron chi connectivity index (χ3n) is 6.86. The Balaban J connectivity index is 1.59. The number of benzene rings is 3. The van der Waals surface area contributed by atoms with Crippen molar-refractivity contribution in [1.29, 1.82) is 0 Å². The van der Waals surface area contributed by atoms with E-state index in [0.29, 0.717) is 6.54 Å². The van der Waals surface area contributed by atoms with Gasteiger partial charge in [0.2, 0.25) is 0 Å². The van der Waals surface area contributed by atoms with Crippen LogP contribution >= 0.6 is 0 Å². The minimum Gasteiger partial charge on any atom is -0.395 e. The summed E-state index contributed by atoms with van der Waals surface area (Å²) in [6.07, 6.45) is 0. The molecule has 0 aliphatic carbocycles. The Morgan fingerprint density at radius 2 is 1.28 bits per heavy atom. The number of hydrogen-bond acceptors (Lipinski definition) is 5. The van der Waals surface area contributed by atoms with E-state index >= 15 is 0 Å². The van der Waals surface area contributed by atoms with Gasteiger partial charge in [0.05, 0.1) is 17.9 Å². The molecule has 180 valence electrons. The lowest BCUT2D eigenvalue weighted by molar-refractivity contribution is 0.188. The van der Waals surface area contributed by atoms with Crippen LogP contribution in [0.15, 0.2) is 97.1 Å². The summed E-state index contributed by atoms with van der Waals surface area (Å²) in [7, 11) is 0. The van der Waals surface area contributed by atoms with Crippen LogP contribution in [0.1, 0.15) is 0 Å². The fourth-order valence-electron chi connectivity index (χ4n) is 4.99. The van der Waals surface area contributed by atoms with Crippen molar-refractivity contribution in [3.63, 3.8) is 0 Å². The second-order valence-electron chi connectivity index (χ2n) is 9.11. The number of hydrogen-bond donors (Lipinski definition) is 1. The van der Waals surface area contributed by atoms with Crippen LogP contribution < -0.4 is 4.90 Å². The van der Waals surface area contributed by atoms with Gasteiger partial charge in [0.15, 0.2) is 5.65 Å². The highest BCUT2D eigenvalue weighted by Crippen LogP contribution is 2.37. The molecule has 3 aromatic carbocycles. The Morgan fingerprint density at radius 1 is 0.694 bits per heavy atom. The topological polar surface area (TPSA) is 56.9 Å². The van der Waals surface area contributed by atoms with Gasteiger partial charge in [-0.15, -0.1) is 0 Å². The van der Waals surface area contributed by atoms with Crippen molar-refractivity contribution in [3.8, 4) is 33.6 Å². The summed E-state index contributed by atoms with van der Waals surface area (Å²) in [6.45, 7) is 4.46. The minimum absolute atomic E-state index is 0.192. The summed E-state index contributed by atoms with van der Waals surface area (Å²) in [5.74, 6) is 1.04. The zero-order chi connectivity index (χ0) is 24.3. The van der Waals surface area contributed by atoms with Crippen LogP contribution in [-0.2, 0) is 0 Å². The Kier molecular flexibility index (Phi) is 6.20. The normalized spacial score (nSPS) is 14.4. The van der Waals surface area contributed by atoms with Crippen LogP contribution in [0.4, 0.5) is 5.82 Å². The molecule has 0 saturated carbocycles. The number of anilines is 1. The first-order valence-electron chi connectivity index (χ1n) is 12.5. The maximum absolute atomic E-state index is 9.38. The van der Waals surface area contributed by atoms with Crippen molar-refractivity contribution in [1.82, 2.24) is 19.5 Å². The molecule has 1 aliphatic rings. The van der Waals surface area contributed by atoms with Crippen LogP contribution in [0.3, 0.4) is 0 Å². The highest BCUT2D eigenvalue weighted by molar-refractivity contribution is 5.92. The molecule has 5 aromatic rings. The van der Waals surface area contributed by atoms with Crippen molar-refractivity contribution in [2.75, 3.05) is 44.2 Å². The lowest BCUT2D eigenvalue weighted by atomic mass is 10.0. The molecule has 0 spiro atoms. The molecule has 1 N–H and O–H groups in total. The summed E-state index contributed by atoms with van der Waals surface area (Å²) in [6, 6.07) is 33.3. The van der Waals surface area contributed by atoms with Crippen LogP contribution in [0.5, 0.6) is 0 Å². The highest BCUT2D eigenvalue weighted by atomic mass is 16.3. The standard InChI is InChI=1S/C30H29N5O/c36-21-20-33-16-18-34(19-17-33)27-22-26(23-10-4-1-5-11-23)31-30-28(24-12-6-2-7-13-24)29(32-35(27)30)25-14-8-3-9-15-25/h1-15,22,36H,16-21H2. The number of fused-ring (bicyclic) bond motifs is 1. The quantitative estimate of drug-likeness (QED) is 0.381. The Morgan fingerprint density at radius 3 is 1.89 bits per heavy atom. The molecule has 0 amide bonds. The molecular weight excluding hydrogens is 446 g/mol. The summed E-state index contributed by atoms with van der Waals surface area (Å²) in [5.41, 5.74) is 7.02. The molecule has 0 radical (unpaired) electrons. The van der Waals surface area contributed by atoms with Gasteiger partial charge in [0, 0.05) is 49.9 Å². The third-order valence-corrected chi connectivity index (χ3v) is 6.86. The predicted molar refractivity (Wildman–Crippen MR) is 145 cm³/mol. The number of aliphatic hydroxyl groups is 1. The molecule has 0 bridgehead atoms. The lowest BCUT2D eigenvalue weighted by Crippen LogP contribution is -2.47. The molecule has 6 heteroatoms. The van der Waals surface area contributed by atoms with Gasteiger partial charge in [0.1, 0.15) is 11.5 Å². The smallest absolute Gasteiger partial charge is 0.166 e. The molecule has 36 heavy (non-hydrogen) atoms. The van der Waals surface area contributed by atoms with Crippen LogP contribution in [-0.4, -0.2) is 63.9 Å². The molecule has 6 nitrogen and oxygen atoms in total. The van der Waals surface area contributed by atoms with Crippen molar-refractivity contribution in [2.24, 2.45) is 0 Å². The molecule has 0 atom stereocenters.